The van der Waals surface area contributed by atoms with Gasteiger partial charge in [0, 0.05) is 18.1 Å². The van der Waals surface area contributed by atoms with Crippen LogP contribution >= 0.6 is 0 Å². The molecule has 0 saturated carbocycles. The van der Waals surface area contributed by atoms with Crippen LogP contribution in [0.5, 0.6) is 0 Å². The molecule has 0 unspecified atom stereocenters. The fraction of sp³-hybridized carbons (Fsp3) is 0.154. The van der Waals surface area contributed by atoms with E-state index in [9.17, 15) is 0 Å². The number of aryl methyl sites for hydroxylation is 2. The van der Waals surface area contributed by atoms with Crippen molar-refractivity contribution in [2.24, 2.45) is 0 Å². The average Bonchev–Trinajstić information content (AvgIpc) is 2.76. The second-order valence-electron chi connectivity index (χ2n) is 4.16. The van der Waals surface area contributed by atoms with Crippen LogP contribution in [-0.2, 0) is 0 Å². The maximum absolute atomic E-state index is 4.32. The van der Waals surface area contributed by atoms with Gasteiger partial charge in [-0.1, -0.05) is 18.2 Å². The number of para-hydroxylation sites is 1. The molecule has 0 fully saturated rings. The minimum absolute atomic E-state index is 0.715. The largest absolute Gasteiger partial charge is 0.337 e. The van der Waals surface area contributed by atoms with E-state index in [0.29, 0.717) is 5.82 Å². The summed E-state index contributed by atoms with van der Waals surface area (Å²) in [5.41, 5.74) is 2.93. The van der Waals surface area contributed by atoms with Crippen LogP contribution in [-0.4, -0.2) is 19.6 Å². The van der Waals surface area contributed by atoms with Crippen molar-refractivity contribution < 1.29 is 0 Å². The molecule has 3 rings (SSSR count). The molecular weight excluding hydrogens is 226 g/mol. The first kappa shape index (κ1) is 10.7. The van der Waals surface area contributed by atoms with Crippen molar-refractivity contribution in [1.29, 1.82) is 0 Å². The summed E-state index contributed by atoms with van der Waals surface area (Å²) in [7, 11) is 0. The lowest BCUT2D eigenvalue weighted by Gasteiger charge is -2.08. The Labute approximate surface area is 105 Å². The normalized spacial score (nSPS) is 10.8. The Morgan fingerprint density at radius 3 is 2.78 bits per heavy atom. The van der Waals surface area contributed by atoms with Gasteiger partial charge in [-0.25, -0.2) is 4.98 Å². The van der Waals surface area contributed by atoms with Gasteiger partial charge in [0.2, 0.25) is 5.65 Å². The van der Waals surface area contributed by atoms with Gasteiger partial charge in [0.15, 0.2) is 5.82 Å². The van der Waals surface area contributed by atoms with Crippen molar-refractivity contribution in [2.75, 3.05) is 5.32 Å². The van der Waals surface area contributed by atoms with Crippen molar-refractivity contribution in [3.05, 3.63) is 48.0 Å². The number of rotatable bonds is 2. The van der Waals surface area contributed by atoms with Gasteiger partial charge in [0.25, 0.3) is 0 Å². The third-order valence-corrected chi connectivity index (χ3v) is 2.90. The molecule has 1 aromatic carbocycles. The summed E-state index contributed by atoms with van der Waals surface area (Å²) in [6.07, 6.45) is 3.59. The molecule has 0 aliphatic heterocycles. The summed E-state index contributed by atoms with van der Waals surface area (Å²) >= 11 is 0. The minimum Gasteiger partial charge on any atom is -0.337 e. The lowest BCUT2D eigenvalue weighted by atomic mass is 10.2. The van der Waals surface area contributed by atoms with E-state index < -0.39 is 0 Å². The second-order valence-corrected chi connectivity index (χ2v) is 4.16. The Balaban J connectivity index is 2.08. The Morgan fingerprint density at radius 2 is 1.94 bits per heavy atom. The van der Waals surface area contributed by atoms with E-state index in [0.717, 1.165) is 22.7 Å². The van der Waals surface area contributed by atoms with Gasteiger partial charge in [-0.05, 0) is 25.5 Å². The van der Waals surface area contributed by atoms with Crippen molar-refractivity contribution >= 4 is 17.2 Å². The molecule has 0 saturated heterocycles. The molecule has 0 aliphatic carbocycles. The van der Waals surface area contributed by atoms with Crippen LogP contribution in [0.4, 0.5) is 11.5 Å². The lowest BCUT2D eigenvalue weighted by Crippen LogP contribution is -1.99. The van der Waals surface area contributed by atoms with Crippen molar-refractivity contribution in [1.82, 2.24) is 19.6 Å². The van der Waals surface area contributed by atoms with Gasteiger partial charge >= 0.3 is 0 Å². The van der Waals surface area contributed by atoms with Crippen LogP contribution in [0.3, 0.4) is 0 Å². The first-order chi connectivity index (χ1) is 8.75. The van der Waals surface area contributed by atoms with E-state index in [-0.39, 0.29) is 0 Å². The Morgan fingerprint density at radius 1 is 1.11 bits per heavy atom. The molecule has 0 atom stereocenters. The maximum atomic E-state index is 4.32. The molecular formula is C13H13N5. The molecule has 2 aromatic heterocycles. The average molecular weight is 239 g/mol. The number of hydrogen-bond donors (Lipinski definition) is 1. The van der Waals surface area contributed by atoms with Gasteiger partial charge in [-0.2, -0.15) is 0 Å². The number of nitrogens with one attached hydrogen (secondary N) is 1. The molecule has 0 bridgehead atoms. The van der Waals surface area contributed by atoms with Crippen LogP contribution in [0, 0.1) is 13.8 Å². The molecule has 5 heteroatoms. The molecule has 18 heavy (non-hydrogen) atoms. The fourth-order valence-electron chi connectivity index (χ4n) is 1.87. The molecule has 2 heterocycles. The number of aromatic nitrogens is 4. The smallest absolute Gasteiger partial charge is 0.204 e. The highest BCUT2D eigenvalue weighted by molar-refractivity contribution is 5.70. The van der Waals surface area contributed by atoms with Crippen LogP contribution in [0.15, 0.2) is 36.7 Å². The van der Waals surface area contributed by atoms with E-state index in [1.807, 2.05) is 35.7 Å². The first-order valence-corrected chi connectivity index (χ1v) is 5.75. The summed E-state index contributed by atoms with van der Waals surface area (Å²) in [6.45, 7) is 3.97. The number of hydrogen-bond acceptors (Lipinski definition) is 4. The van der Waals surface area contributed by atoms with Gasteiger partial charge in [-0.15, -0.1) is 10.2 Å². The molecule has 0 radical (unpaired) electrons. The molecule has 90 valence electrons. The predicted octanol–water partition coefficient (Wildman–Crippen LogP) is 2.48. The van der Waals surface area contributed by atoms with Crippen LogP contribution in [0.2, 0.25) is 0 Å². The topological polar surface area (TPSA) is 55.1 Å². The highest BCUT2D eigenvalue weighted by Gasteiger charge is 2.08. The Hall–Kier alpha value is -2.43. The summed E-state index contributed by atoms with van der Waals surface area (Å²) in [4.78, 5) is 4.32. The standard InChI is InChI=1S/C13H13N5/c1-9-5-3-4-6-11(9)15-12-13-17-16-10(2)18(13)8-7-14-12/h3-8H,1-2H3,(H,14,15). The summed E-state index contributed by atoms with van der Waals surface area (Å²) in [5, 5.41) is 11.5. The Bertz CT molecular complexity index is 701. The van der Waals surface area contributed by atoms with E-state index in [2.05, 4.69) is 33.5 Å². The molecule has 0 spiro atoms. The summed E-state index contributed by atoms with van der Waals surface area (Å²) in [6, 6.07) is 8.07. The van der Waals surface area contributed by atoms with E-state index in [1.165, 1.54) is 0 Å². The Kier molecular flexibility index (Phi) is 2.44. The van der Waals surface area contributed by atoms with Gasteiger partial charge < -0.3 is 5.32 Å². The quantitative estimate of drug-likeness (QED) is 0.746. The molecule has 1 N–H and O–H groups in total. The molecule has 3 aromatic rings. The van der Waals surface area contributed by atoms with Crippen LogP contribution < -0.4 is 5.32 Å². The zero-order valence-corrected chi connectivity index (χ0v) is 10.3. The van der Waals surface area contributed by atoms with Crippen molar-refractivity contribution in [2.45, 2.75) is 13.8 Å². The van der Waals surface area contributed by atoms with Crippen LogP contribution in [0.1, 0.15) is 11.4 Å². The third-order valence-electron chi connectivity index (χ3n) is 2.90. The van der Waals surface area contributed by atoms with E-state index >= 15 is 0 Å². The minimum atomic E-state index is 0.715. The SMILES string of the molecule is Cc1ccccc1Nc1nccn2c(C)nnc12. The van der Waals surface area contributed by atoms with E-state index in [4.69, 9.17) is 0 Å². The number of anilines is 2. The van der Waals surface area contributed by atoms with Gasteiger partial charge in [0.1, 0.15) is 5.82 Å². The molecule has 5 nitrogen and oxygen atoms in total. The zero-order chi connectivity index (χ0) is 12.5. The lowest BCUT2D eigenvalue weighted by molar-refractivity contribution is 1.00. The number of benzene rings is 1. The highest BCUT2D eigenvalue weighted by Crippen LogP contribution is 2.21. The van der Waals surface area contributed by atoms with Gasteiger partial charge in [-0.3, -0.25) is 4.40 Å². The molecule has 0 amide bonds. The monoisotopic (exact) mass is 239 g/mol. The maximum Gasteiger partial charge on any atom is 0.204 e. The first-order valence-electron chi connectivity index (χ1n) is 5.75. The summed E-state index contributed by atoms with van der Waals surface area (Å²) in [5.74, 6) is 1.56. The highest BCUT2D eigenvalue weighted by atomic mass is 15.3. The predicted molar refractivity (Wildman–Crippen MR) is 70.0 cm³/mol. The second kappa shape index (κ2) is 4.10. The molecule has 0 aliphatic rings. The van der Waals surface area contributed by atoms with Crippen LogP contribution in [0.25, 0.3) is 5.65 Å². The fourth-order valence-corrected chi connectivity index (χ4v) is 1.87. The summed E-state index contributed by atoms with van der Waals surface area (Å²) < 4.78 is 1.91. The van der Waals surface area contributed by atoms with Crippen molar-refractivity contribution in [3.8, 4) is 0 Å². The number of nitrogens with zero attached hydrogens (tertiary/aromatic N) is 4. The zero-order valence-electron chi connectivity index (χ0n) is 10.3. The van der Waals surface area contributed by atoms with Crippen molar-refractivity contribution in [3.63, 3.8) is 0 Å². The van der Waals surface area contributed by atoms with E-state index in [1.54, 1.807) is 6.20 Å². The van der Waals surface area contributed by atoms with Gasteiger partial charge in [0.05, 0.1) is 0 Å². The number of fused-ring (bicyclic) bond motifs is 1. The third kappa shape index (κ3) is 1.69.